The van der Waals surface area contributed by atoms with E-state index in [4.69, 9.17) is 4.74 Å². The molecule has 1 aliphatic heterocycles. The van der Waals surface area contributed by atoms with Crippen LogP contribution in [0.15, 0.2) is 29.3 Å². The summed E-state index contributed by atoms with van der Waals surface area (Å²) in [6.45, 7) is 5.16. The van der Waals surface area contributed by atoms with Gasteiger partial charge in [-0.1, -0.05) is 12.1 Å². The van der Waals surface area contributed by atoms with Crippen molar-refractivity contribution >= 4 is 5.96 Å². The van der Waals surface area contributed by atoms with E-state index in [-0.39, 0.29) is 5.75 Å². The number of rotatable bonds is 8. The van der Waals surface area contributed by atoms with Crippen molar-refractivity contribution in [2.75, 3.05) is 39.8 Å². The van der Waals surface area contributed by atoms with Crippen molar-refractivity contribution in [2.24, 2.45) is 10.9 Å². The third-order valence-corrected chi connectivity index (χ3v) is 4.77. The molecule has 0 aliphatic carbocycles. The second kappa shape index (κ2) is 11.1. The first-order valence-electron chi connectivity index (χ1n) is 9.85. The number of hydrogen-bond donors (Lipinski definition) is 2. The van der Waals surface area contributed by atoms with Crippen LogP contribution < -0.4 is 15.4 Å². The molecule has 0 unspecified atom stereocenters. The first kappa shape index (κ1) is 22.3. The summed E-state index contributed by atoms with van der Waals surface area (Å²) in [6.07, 6.45) is -0.713. The molecule has 0 atom stereocenters. The van der Waals surface area contributed by atoms with E-state index in [0.29, 0.717) is 6.54 Å². The van der Waals surface area contributed by atoms with Crippen LogP contribution in [0.3, 0.4) is 0 Å². The van der Waals surface area contributed by atoms with Gasteiger partial charge in [0.05, 0.1) is 6.54 Å². The second-order valence-corrected chi connectivity index (χ2v) is 7.21. The SMILES string of the molecule is CCNC(=NCc1ccc(OCC(F)(F)F)cc1)NCCC1CCN(C)CC1. The Morgan fingerprint density at radius 3 is 2.46 bits per heavy atom. The highest BCUT2D eigenvalue weighted by molar-refractivity contribution is 5.79. The number of guanidine groups is 1. The Morgan fingerprint density at radius 1 is 1.18 bits per heavy atom. The number of nitrogens with zero attached hydrogens (tertiary/aromatic N) is 2. The van der Waals surface area contributed by atoms with Gasteiger partial charge in [-0.3, -0.25) is 0 Å². The largest absolute Gasteiger partial charge is 0.484 e. The van der Waals surface area contributed by atoms with Gasteiger partial charge < -0.3 is 20.3 Å². The predicted molar refractivity (Wildman–Crippen MR) is 106 cm³/mol. The van der Waals surface area contributed by atoms with Crippen LogP contribution in [0, 0.1) is 5.92 Å². The number of nitrogens with one attached hydrogen (secondary N) is 2. The highest BCUT2D eigenvalue weighted by Gasteiger charge is 2.28. The fraction of sp³-hybridized carbons (Fsp3) is 0.650. The van der Waals surface area contributed by atoms with Crippen LogP contribution in [-0.4, -0.2) is 56.9 Å². The maximum Gasteiger partial charge on any atom is 0.422 e. The molecule has 1 heterocycles. The van der Waals surface area contributed by atoms with Gasteiger partial charge in [0, 0.05) is 13.1 Å². The Kier molecular flexibility index (Phi) is 8.89. The van der Waals surface area contributed by atoms with E-state index < -0.39 is 12.8 Å². The fourth-order valence-corrected chi connectivity index (χ4v) is 3.11. The minimum absolute atomic E-state index is 0.202. The predicted octanol–water partition coefficient (Wildman–Crippen LogP) is 3.41. The van der Waals surface area contributed by atoms with Crippen molar-refractivity contribution in [1.82, 2.24) is 15.5 Å². The van der Waals surface area contributed by atoms with Crippen LogP contribution in [0.1, 0.15) is 31.7 Å². The van der Waals surface area contributed by atoms with Gasteiger partial charge >= 0.3 is 6.18 Å². The molecule has 0 spiro atoms. The Hall–Kier alpha value is -1.96. The number of aliphatic imine (C=N–C) groups is 1. The quantitative estimate of drug-likeness (QED) is 0.519. The summed E-state index contributed by atoms with van der Waals surface area (Å²) in [5.74, 6) is 1.72. The molecule has 0 bridgehead atoms. The molecule has 0 radical (unpaired) electrons. The Balaban J connectivity index is 1.77. The van der Waals surface area contributed by atoms with Crippen LogP contribution >= 0.6 is 0 Å². The van der Waals surface area contributed by atoms with E-state index in [1.165, 1.54) is 38.1 Å². The Bertz CT molecular complexity index is 596. The summed E-state index contributed by atoms with van der Waals surface area (Å²) in [5.41, 5.74) is 0.909. The summed E-state index contributed by atoms with van der Waals surface area (Å²) in [7, 11) is 2.17. The number of ether oxygens (including phenoxy) is 1. The molecule has 0 saturated carbocycles. The summed E-state index contributed by atoms with van der Waals surface area (Å²) in [4.78, 5) is 6.93. The molecule has 5 nitrogen and oxygen atoms in total. The zero-order chi connectivity index (χ0) is 20.4. The van der Waals surface area contributed by atoms with Gasteiger partial charge in [-0.15, -0.1) is 0 Å². The van der Waals surface area contributed by atoms with E-state index in [0.717, 1.165) is 37.0 Å². The summed E-state index contributed by atoms with van der Waals surface area (Å²) < 4.78 is 41.3. The molecule has 1 saturated heterocycles. The minimum atomic E-state index is -4.33. The molecule has 1 aliphatic rings. The van der Waals surface area contributed by atoms with Crippen LogP contribution in [0.5, 0.6) is 5.75 Å². The minimum Gasteiger partial charge on any atom is -0.484 e. The van der Waals surface area contributed by atoms with Gasteiger partial charge in [0.1, 0.15) is 5.75 Å². The first-order valence-corrected chi connectivity index (χ1v) is 9.85. The molecule has 1 aromatic carbocycles. The lowest BCUT2D eigenvalue weighted by Gasteiger charge is -2.29. The molecule has 8 heteroatoms. The Morgan fingerprint density at radius 2 is 1.86 bits per heavy atom. The third kappa shape index (κ3) is 8.82. The molecule has 28 heavy (non-hydrogen) atoms. The summed E-state index contributed by atoms with van der Waals surface area (Å²) in [5, 5.41) is 6.60. The van der Waals surface area contributed by atoms with E-state index in [2.05, 4.69) is 27.6 Å². The highest BCUT2D eigenvalue weighted by Crippen LogP contribution is 2.20. The van der Waals surface area contributed by atoms with Crippen molar-refractivity contribution in [3.63, 3.8) is 0 Å². The maximum absolute atomic E-state index is 12.2. The number of alkyl halides is 3. The van der Waals surface area contributed by atoms with Gasteiger partial charge in [-0.25, -0.2) is 4.99 Å². The number of piperidine rings is 1. The smallest absolute Gasteiger partial charge is 0.422 e. The van der Waals surface area contributed by atoms with Gasteiger partial charge in [0.15, 0.2) is 12.6 Å². The molecule has 0 amide bonds. The monoisotopic (exact) mass is 400 g/mol. The van der Waals surface area contributed by atoms with Crippen LogP contribution in [0.25, 0.3) is 0 Å². The van der Waals surface area contributed by atoms with Crippen molar-refractivity contribution in [3.05, 3.63) is 29.8 Å². The number of benzene rings is 1. The van der Waals surface area contributed by atoms with Gasteiger partial charge in [0.2, 0.25) is 0 Å². The molecule has 1 fully saturated rings. The third-order valence-electron chi connectivity index (χ3n) is 4.77. The molecular weight excluding hydrogens is 369 g/mol. The van der Waals surface area contributed by atoms with Crippen molar-refractivity contribution in [2.45, 2.75) is 38.9 Å². The maximum atomic E-state index is 12.2. The number of halogens is 3. The van der Waals surface area contributed by atoms with Crippen molar-refractivity contribution in [1.29, 1.82) is 0 Å². The van der Waals surface area contributed by atoms with Crippen LogP contribution in [0.2, 0.25) is 0 Å². The molecule has 158 valence electrons. The lowest BCUT2D eigenvalue weighted by atomic mass is 9.94. The molecule has 2 N–H and O–H groups in total. The van der Waals surface area contributed by atoms with E-state index in [1.54, 1.807) is 12.1 Å². The van der Waals surface area contributed by atoms with Crippen LogP contribution in [-0.2, 0) is 6.54 Å². The van der Waals surface area contributed by atoms with Gasteiger partial charge in [-0.2, -0.15) is 13.2 Å². The summed E-state index contributed by atoms with van der Waals surface area (Å²) >= 11 is 0. The molecule has 1 aromatic rings. The van der Waals surface area contributed by atoms with E-state index in [1.807, 2.05) is 6.92 Å². The topological polar surface area (TPSA) is 48.9 Å². The molecular formula is C20H31F3N4O. The summed E-state index contributed by atoms with van der Waals surface area (Å²) in [6, 6.07) is 6.54. The average molecular weight is 400 g/mol. The Labute approximate surface area is 165 Å². The second-order valence-electron chi connectivity index (χ2n) is 7.21. The van der Waals surface area contributed by atoms with Gasteiger partial charge in [-0.05, 0) is 69.9 Å². The van der Waals surface area contributed by atoms with Gasteiger partial charge in [0.25, 0.3) is 0 Å². The number of hydrogen-bond acceptors (Lipinski definition) is 3. The van der Waals surface area contributed by atoms with Crippen molar-refractivity contribution < 1.29 is 17.9 Å². The number of likely N-dealkylation sites (tertiary alicyclic amines) is 1. The normalized spacial score (nSPS) is 16.8. The zero-order valence-electron chi connectivity index (χ0n) is 16.7. The van der Waals surface area contributed by atoms with E-state index >= 15 is 0 Å². The zero-order valence-corrected chi connectivity index (χ0v) is 16.7. The standard InChI is InChI=1S/C20H31F3N4O/c1-3-24-19(25-11-8-16-9-12-27(2)13-10-16)26-14-17-4-6-18(7-5-17)28-15-20(21,22)23/h4-7,16H,3,8-15H2,1-2H3,(H2,24,25,26). The van der Waals surface area contributed by atoms with E-state index in [9.17, 15) is 13.2 Å². The average Bonchev–Trinajstić information content (AvgIpc) is 2.66. The molecule has 2 rings (SSSR count). The lowest BCUT2D eigenvalue weighted by Crippen LogP contribution is -2.39. The first-order chi connectivity index (χ1) is 13.4. The van der Waals surface area contributed by atoms with Crippen LogP contribution in [0.4, 0.5) is 13.2 Å². The highest BCUT2D eigenvalue weighted by atomic mass is 19.4. The fourth-order valence-electron chi connectivity index (χ4n) is 3.11. The lowest BCUT2D eigenvalue weighted by molar-refractivity contribution is -0.153. The van der Waals surface area contributed by atoms with Crippen molar-refractivity contribution in [3.8, 4) is 5.75 Å². The molecule has 0 aromatic heterocycles.